The predicted molar refractivity (Wildman–Crippen MR) is 66.1 cm³/mol. The Morgan fingerprint density at radius 2 is 2.06 bits per heavy atom. The Morgan fingerprint density at radius 1 is 1.29 bits per heavy atom. The van der Waals surface area contributed by atoms with Crippen molar-refractivity contribution in [2.24, 2.45) is 11.7 Å². The van der Waals surface area contributed by atoms with Crippen molar-refractivity contribution in [1.82, 2.24) is 4.72 Å². The molecule has 5 nitrogen and oxygen atoms in total. The van der Waals surface area contributed by atoms with Gasteiger partial charge in [0.05, 0.1) is 11.9 Å². The van der Waals surface area contributed by atoms with Gasteiger partial charge < -0.3 is 10.5 Å². The van der Waals surface area contributed by atoms with Crippen LogP contribution in [0.5, 0.6) is 0 Å². The predicted octanol–water partition coefficient (Wildman–Crippen LogP) is 0.212. The third kappa shape index (κ3) is 4.21. The fourth-order valence-corrected chi connectivity index (χ4v) is 3.90. The topological polar surface area (TPSA) is 81.4 Å². The molecule has 100 valence electrons. The van der Waals surface area contributed by atoms with Crippen LogP contribution < -0.4 is 10.5 Å². The van der Waals surface area contributed by atoms with Crippen molar-refractivity contribution in [1.29, 1.82) is 0 Å². The van der Waals surface area contributed by atoms with Crippen LogP contribution in [0, 0.1) is 5.92 Å². The first kappa shape index (κ1) is 13.3. The van der Waals surface area contributed by atoms with Crippen molar-refractivity contribution in [2.75, 3.05) is 18.9 Å². The smallest absolute Gasteiger partial charge is 0.214 e. The molecule has 2 aliphatic rings. The molecule has 0 radical (unpaired) electrons. The highest BCUT2D eigenvalue weighted by Crippen LogP contribution is 2.32. The van der Waals surface area contributed by atoms with Crippen molar-refractivity contribution >= 4 is 10.0 Å². The van der Waals surface area contributed by atoms with Crippen LogP contribution in [0.1, 0.15) is 32.1 Å². The summed E-state index contributed by atoms with van der Waals surface area (Å²) in [6, 6.07) is -0.0800. The van der Waals surface area contributed by atoms with E-state index in [1.807, 2.05) is 0 Å². The summed E-state index contributed by atoms with van der Waals surface area (Å²) in [5.41, 5.74) is 5.60. The summed E-state index contributed by atoms with van der Waals surface area (Å²) < 4.78 is 32.1. The number of hydrogen-bond acceptors (Lipinski definition) is 4. The third-order valence-corrected chi connectivity index (χ3v) is 4.93. The van der Waals surface area contributed by atoms with Crippen LogP contribution in [0.4, 0.5) is 0 Å². The van der Waals surface area contributed by atoms with Gasteiger partial charge in [0.1, 0.15) is 0 Å². The van der Waals surface area contributed by atoms with Crippen LogP contribution in [0.2, 0.25) is 0 Å². The average molecular weight is 262 g/mol. The van der Waals surface area contributed by atoms with Gasteiger partial charge in [0.2, 0.25) is 10.0 Å². The van der Waals surface area contributed by atoms with Crippen molar-refractivity contribution in [2.45, 2.75) is 44.2 Å². The van der Waals surface area contributed by atoms with Crippen LogP contribution in [-0.4, -0.2) is 39.5 Å². The number of hydrogen-bond donors (Lipinski definition) is 2. The van der Waals surface area contributed by atoms with Gasteiger partial charge in [-0.05, 0) is 38.0 Å². The van der Waals surface area contributed by atoms with Crippen LogP contribution >= 0.6 is 0 Å². The molecule has 17 heavy (non-hydrogen) atoms. The molecule has 2 rings (SSSR count). The van der Waals surface area contributed by atoms with Gasteiger partial charge in [-0.1, -0.05) is 0 Å². The van der Waals surface area contributed by atoms with Crippen molar-refractivity contribution in [3.05, 3.63) is 0 Å². The van der Waals surface area contributed by atoms with Crippen molar-refractivity contribution in [3.63, 3.8) is 0 Å². The van der Waals surface area contributed by atoms with E-state index in [0.717, 1.165) is 32.1 Å². The highest BCUT2D eigenvalue weighted by Gasteiger charge is 2.33. The molecule has 0 aromatic heterocycles. The van der Waals surface area contributed by atoms with E-state index in [1.54, 1.807) is 0 Å². The van der Waals surface area contributed by atoms with E-state index in [2.05, 4.69) is 4.72 Å². The van der Waals surface area contributed by atoms with Gasteiger partial charge >= 0.3 is 0 Å². The van der Waals surface area contributed by atoms with Crippen LogP contribution in [0.3, 0.4) is 0 Å². The Kier molecular flexibility index (Phi) is 4.41. The van der Waals surface area contributed by atoms with Crippen LogP contribution in [0.25, 0.3) is 0 Å². The molecule has 3 N–H and O–H groups in total. The Hall–Kier alpha value is -0.170. The normalized spacial score (nSPS) is 27.9. The Bertz CT molecular complexity index is 335. The second-order valence-corrected chi connectivity index (χ2v) is 6.87. The fourth-order valence-electron chi connectivity index (χ4n) is 2.30. The molecule has 1 aliphatic carbocycles. The van der Waals surface area contributed by atoms with E-state index in [1.165, 1.54) is 0 Å². The van der Waals surface area contributed by atoms with Crippen molar-refractivity contribution in [3.8, 4) is 0 Å². The Morgan fingerprint density at radius 3 is 2.59 bits per heavy atom. The van der Waals surface area contributed by atoms with Crippen LogP contribution in [0.15, 0.2) is 0 Å². The third-order valence-electron chi connectivity index (χ3n) is 3.46. The van der Waals surface area contributed by atoms with Gasteiger partial charge in [-0.2, -0.15) is 0 Å². The summed E-state index contributed by atoms with van der Waals surface area (Å²) in [6.07, 6.45) is 4.98. The summed E-state index contributed by atoms with van der Waals surface area (Å²) in [5, 5.41) is 0. The molecule has 1 saturated heterocycles. The molecule has 2 fully saturated rings. The number of rotatable bonds is 6. The molecule has 0 bridgehead atoms. The number of sulfonamides is 1. The van der Waals surface area contributed by atoms with Gasteiger partial charge in [-0.3, -0.25) is 0 Å². The van der Waals surface area contributed by atoms with E-state index < -0.39 is 10.0 Å². The zero-order chi connectivity index (χ0) is 12.3. The molecule has 0 amide bonds. The van der Waals surface area contributed by atoms with Crippen molar-refractivity contribution < 1.29 is 13.2 Å². The van der Waals surface area contributed by atoms with Gasteiger partial charge in [-0.15, -0.1) is 0 Å². The van der Waals surface area contributed by atoms with E-state index in [0.29, 0.717) is 19.1 Å². The van der Waals surface area contributed by atoms with Gasteiger partial charge in [0.15, 0.2) is 0 Å². The molecule has 1 saturated carbocycles. The Balaban J connectivity index is 1.84. The molecule has 6 heteroatoms. The van der Waals surface area contributed by atoms with Gasteiger partial charge in [0, 0.05) is 19.2 Å². The van der Waals surface area contributed by atoms with Gasteiger partial charge in [-0.25, -0.2) is 13.1 Å². The molecule has 0 aromatic carbocycles. The number of nitrogens with two attached hydrogens (primary N) is 1. The highest BCUT2D eigenvalue weighted by molar-refractivity contribution is 7.89. The van der Waals surface area contributed by atoms with Crippen LogP contribution in [-0.2, 0) is 14.8 Å². The molecule has 0 aromatic rings. The summed E-state index contributed by atoms with van der Waals surface area (Å²) >= 11 is 0. The zero-order valence-electron chi connectivity index (χ0n) is 10.1. The molecule has 1 aliphatic heterocycles. The largest absolute Gasteiger partial charge is 0.377 e. The number of nitrogens with one attached hydrogen (secondary N) is 1. The van der Waals surface area contributed by atoms with E-state index >= 15 is 0 Å². The average Bonchev–Trinajstić information content (AvgIpc) is 3.10. The SMILES string of the molecule is NCC(NS(=O)(=O)CC1CCCCO1)C1CC1. The molecule has 2 atom stereocenters. The summed E-state index contributed by atoms with van der Waals surface area (Å²) in [5.74, 6) is 0.526. The number of ether oxygens (including phenoxy) is 1. The standard InChI is InChI=1S/C11H22N2O3S/c12-7-11(9-4-5-9)13-17(14,15)8-10-3-1-2-6-16-10/h9-11,13H,1-8,12H2. The first-order valence-electron chi connectivity index (χ1n) is 6.42. The summed E-state index contributed by atoms with van der Waals surface area (Å²) in [7, 11) is -3.25. The summed E-state index contributed by atoms with van der Waals surface area (Å²) in [4.78, 5) is 0. The molecule has 0 spiro atoms. The minimum atomic E-state index is -3.25. The lowest BCUT2D eigenvalue weighted by Gasteiger charge is -2.24. The lowest BCUT2D eigenvalue weighted by Crippen LogP contribution is -2.45. The second kappa shape index (κ2) is 5.65. The maximum Gasteiger partial charge on any atom is 0.214 e. The zero-order valence-corrected chi connectivity index (χ0v) is 10.9. The second-order valence-electron chi connectivity index (χ2n) is 5.07. The highest BCUT2D eigenvalue weighted by atomic mass is 32.2. The van der Waals surface area contributed by atoms with E-state index in [4.69, 9.17) is 10.5 Å². The minimum Gasteiger partial charge on any atom is -0.377 e. The van der Waals surface area contributed by atoms with E-state index in [9.17, 15) is 8.42 Å². The molecule has 1 heterocycles. The maximum absolute atomic E-state index is 12.0. The molecular formula is C11H22N2O3S. The lowest BCUT2D eigenvalue weighted by molar-refractivity contribution is 0.0303. The molecular weight excluding hydrogens is 240 g/mol. The first-order chi connectivity index (χ1) is 8.11. The summed E-state index contributed by atoms with van der Waals surface area (Å²) in [6.45, 7) is 1.07. The fraction of sp³-hybridized carbons (Fsp3) is 1.00. The van der Waals surface area contributed by atoms with E-state index in [-0.39, 0.29) is 17.9 Å². The monoisotopic (exact) mass is 262 g/mol. The van der Waals surface area contributed by atoms with Gasteiger partial charge in [0.25, 0.3) is 0 Å². The lowest BCUT2D eigenvalue weighted by atomic mass is 10.1. The maximum atomic E-state index is 12.0. The quantitative estimate of drug-likeness (QED) is 0.717. The minimum absolute atomic E-state index is 0.0796. The Labute approximate surface area is 103 Å². The molecule has 2 unspecified atom stereocenters. The first-order valence-corrected chi connectivity index (χ1v) is 8.07.